The summed E-state index contributed by atoms with van der Waals surface area (Å²) in [7, 11) is 0. The number of aryl methyl sites for hydroxylation is 1. The van der Waals surface area contributed by atoms with Crippen molar-refractivity contribution >= 4 is 11.6 Å². The van der Waals surface area contributed by atoms with E-state index in [4.69, 9.17) is 16.1 Å². The van der Waals surface area contributed by atoms with Crippen LogP contribution in [0.1, 0.15) is 17.1 Å². The van der Waals surface area contributed by atoms with Crippen LogP contribution in [0.4, 0.5) is 0 Å². The molecule has 0 spiro atoms. The molecule has 27 heavy (non-hydrogen) atoms. The number of hydrogen-bond acceptors (Lipinski definition) is 6. The van der Waals surface area contributed by atoms with Gasteiger partial charge in [-0.15, -0.1) is 0 Å². The van der Waals surface area contributed by atoms with E-state index >= 15 is 0 Å². The Bertz CT molecular complexity index is 905. The van der Waals surface area contributed by atoms with Gasteiger partial charge in [0.2, 0.25) is 11.7 Å². The Balaban J connectivity index is 1.31. The highest BCUT2D eigenvalue weighted by Gasteiger charge is 2.20. The third-order valence-corrected chi connectivity index (χ3v) is 5.10. The Morgan fingerprint density at radius 2 is 1.81 bits per heavy atom. The minimum atomic E-state index is 0.580. The molecule has 1 fully saturated rings. The van der Waals surface area contributed by atoms with Crippen LogP contribution in [-0.4, -0.2) is 51.1 Å². The maximum absolute atomic E-state index is 6.04. The quantitative estimate of drug-likeness (QED) is 0.673. The minimum Gasteiger partial charge on any atom is -0.338 e. The lowest BCUT2D eigenvalue weighted by molar-refractivity contribution is 0.111. The van der Waals surface area contributed by atoms with Gasteiger partial charge in [0.25, 0.3) is 0 Å². The summed E-state index contributed by atoms with van der Waals surface area (Å²) < 4.78 is 5.43. The molecule has 0 aliphatic carbocycles. The van der Waals surface area contributed by atoms with Crippen molar-refractivity contribution in [2.24, 2.45) is 0 Å². The molecule has 4 rings (SSSR count). The highest BCUT2D eigenvalue weighted by atomic mass is 35.5. The molecule has 6 nitrogen and oxygen atoms in total. The van der Waals surface area contributed by atoms with Crippen molar-refractivity contribution in [3.63, 3.8) is 0 Å². The van der Waals surface area contributed by atoms with Gasteiger partial charge in [-0.3, -0.25) is 14.8 Å². The molecule has 3 heterocycles. The summed E-state index contributed by atoms with van der Waals surface area (Å²) in [5.41, 5.74) is 3.28. The molecule has 2 aromatic heterocycles. The van der Waals surface area contributed by atoms with Crippen LogP contribution in [-0.2, 0) is 13.1 Å². The predicted molar refractivity (Wildman–Crippen MR) is 104 cm³/mol. The number of aromatic nitrogens is 3. The molecule has 1 aliphatic heterocycles. The molecule has 0 radical (unpaired) electrons. The van der Waals surface area contributed by atoms with E-state index in [0.717, 1.165) is 44.0 Å². The standard InChI is InChI=1S/C20H22ClN5O/c1-15-4-3-7-22-18(15)13-25-8-10-26(11-9-25)14-19-23-20(24-27-19)16-5-2-6-17(21)12-16/h2-7,12H,8-11,13-14H2,1H3. The second kappa shape index (κ2) is 8.17. The van der Waals surface area contributed by atoms with Crippen LogP contribution in [0.3, 0.4) is 0 Å². The summed E-state index contributed by atoms with van der Waals surface area (Å²) in [6.45, 7) is 7.65. The van der Waals surface area contributed by atoms with E-state index in [0.29, 0.717) is 23.3 Å². The summed E-state index contributed by atoms with van der Waals surface area (Å²) in [5.74, 6) is 1.22. The minimum absolute atomic E-state index is 0.580. The monoisotopic (exact) mass is 383 g/mol. The van der Waals surface area contributed by atoms with Crippen molar-refractivity contribution in [3.05, 3.63) is 64.8 Å². The zero-order valence-corrected chi connectivity index (χ0v) is 16.1. The zero-order valence-electron chi connectivity index (χ0n) is 15.3. The fraction of sp³-hybridized carbons (Fsp3) is 0.350. The second-order valence-corrected chi connectivity index (χ2v) is 7.28. The van der Waals surface area contributed by atoms with E-state index in [1.54, 1.807) is 0 Å². The topological polar surface area (TPSA) is 58.3 Å². The van der Waals surface area contributed by atoms with Crippen LogP contribution in [0, 0.1) is 6.92 Å². The Hall–Kier alpha value is -2.28. The summed E-state index contributed by atoms with van der Waals surface area (Å²) in [6, 6.07) is 11.6. The normalized spacial score (nSPS) is 15.9. The Morgan fingerprint density at radius 1 is 1.04 bits per heavy atom. The fourth-order valence-electron chi connectivity index (χ4n) is 3.26. The van der Waals surface area contributed by atoms with Gasteiger partial charge in [-0.2, -0.15) is 4.98 Å². The van der Waals surface area contributed by atoms with Gasteiger partial charge in [0, 0.05) is 49.5 Å². The fourth-order valence-corrected chi connectivity index (χ4v) is 3.45. The molecule has 140 valence electrons. The maximum Gasteiger partial charge on any atom is 0.241 e. The van der Waals surface area contributed by atoms with Gasteiger partial charge in [-0.1, -0.05) is 35.0 Å². The number of hydrogen-bond donors (Lipinski definition) is 0. The van der Waals surface area contributed by atoms with Crippen molar-refractivity contribution in [1.29, 1.82) is 0 Å². The maximum atomic E-state index is 6.04. The number of benzene rings is 1. The van der Waals surface area contributed by atoms with E-state index < -0.39 is 0 Å². The van der Waals surface area contributed by atoms with Crippen molar-refractivity contribution in [2.75, 3.05) is 26.2 Å². The lowest BCUT2D eigenvalue weighted by Gasteiger charge is -2.33. The van der Waals surface area contributed by atoms with E-state index in [1.807, 2.05) is 36.5 Å². The number of pyridine rings is 1. The number of rotatable bonds is 5. The third kappa shape index (κ3) is 4.53. The number of nitrogens with zero attached hydrogens (tertiary/aromatic N) is 5. The lowest BCUT2D eigenvalue weighted by atomic mass is 10.2. The van der Waals surface area contributed by atoms with E-state index in [1.165, 1.54) is 5.56 Å². The first-order valence-corrected chi connectivity index (χ1v) is 9.49. The summed E-state index contributed by atoms with van der Waals surface area (Å²) in [5, 5.41) is 4.75. The Morgan fingerprint density at radius 3 is 2.56 bits per heavy atom. The molecule has 0 amide bonds. The summed E-state index contributed by atoms with van der Waals surface area (Å²) >= 11 is 6.04. The zero-order chi connectivity index (χ0) is 18.6. The van der Waals surface area contributed by atoms with Gasteiger partial charge >= 0.3 is 0 Å². The van der Waals surface area contributed by atoms with Gasteiger partial charge in [-0.05, 0) is 30.7 Å². The van der Waals surface area contributed by atoms with Gasteiger partial charge in [-0.25, -0.2) is 0 Å². The first kappa shape index (κ1) is 18.1. The van der Waals surface area contributed by atoms with Crippen LogP contribution in [0.2, 0.25) is 5.02 Å². The van der Waals surface area contributed by atoms with Crippen LogP contribution < -0.4 is 0 Å². The van der Waals surface area contributed by atoms with Gasteiger partial charge < -0.3 is 4.52 Å². The van der Waals surface area contributed by atoms with Crippen molar-refractivity contribution in [2.45, 2.75) is 20.0 Å². The Labute approximate surface area is 163 Å². The largest absolute Gasteiger partial charge is 0.338 e. The molecule has 1 saturated heterocycles. The summed E-state index contributed by atoms with van der Waals surface area (Å²) in [6.07, 6.45) is 1.87. The Kier molecular flexibility index (Phi) is 5.48. The first-order chi connectivity index (χ1) is 13.2. The van der Waals surface area contributed by atoms with Crippen LogP contribution in [0.25, 0.3) is 11.4 Å². The second-order valence-electron chi connectivity index (χ2n) is 6.84. The average molecular weight is 384 g/mol. The van der Waals surface area contributed by atoms with Crippen LogP contribution in [0.5, 0.6) is 0 Å². The smallest absolute Gasteiger partial charge is 0.241 e. The molecule has 0 atom stereocenters. The third-order valence-electron chi connectivity index (χ3n) is 4.87. The van der Waals surface area contributed by atoms with Crippen LogP contribution in [0.15, 0.2) is 47.1 Å². The van der Waals surface area contributed by atoms with E-state index in [-0.39, 0.29) is 0 Å². The average Bonchev–Trinajstić information content (AvgIpc) is 3.14. The molecule has 0 bridgehead atoms. The first-order valence-electron chi connectivity index (χ1n) is 9.11. The molecule has 0 unspecified atom stereocenters. The molecular weight excluding hydrogens is 362 g/mol. The van der Waals surface area contributed by atoms with Gasteiger partial charge in [0.05, 0.1) is 12.2 Å². The van der Waals surface area contributed by atoms with Crippen LogP contribution >= 0.6 is 11.6 Å². The molecule has 3 aromatic rings. The molecule has 0 N–H and O–H groups in total. The highest BCUT2D eigenvalue weighted by molar-refractivity contribution is 6.30. The van der Waals surface area contributed by atoms with Gasteiger partial charge in [0.15, 0.2) is 0 Å². The van der Waals surface area contributed by atoms with Crippen molar-refractivity contribution in [1.82, 2.24) is 24.9 Å². The van der Waals surface area contributed by atoms with E-state index in [9.17, 15) is 0 Å². The number of halogens is 1. The molecular formula is C20H22ClN5O. The van der Waals surface area contributed by atoms with Crippen molar-refractivity contribution in [3.8, 4) is 11.4 Å². The molecule has 0 saturated carbocycles. The SMILES string of the molecule is Cc1cccnc1CN1CCN(Cc2nc(-c3cccc(Cl)c3)no2)CC1. The highest BCUT2D eigenvalue weighted by Crippen LogP contribution is 2.20. The van der Waals surface area contributed by atoms with Gasteiger partial charge in [0.1, 0.15) is 0 Å². The molecule has 7 heteroatoms. The predicted octanol–water partition coefficient (Wildman–Crippen LogP) is 3.41. The molecule has 1 aliphatic rings. The summed E-state index contributed by atoms with van der Waals surface area (Å²) in [4.78, 5) is 13.8. The number of piperazine rings is 1. The van der Waals surface area contributed by atoms with E-state index in [2.05, 4.69) is 37.9 Å². The lowest BCUT2D eigenvalue weighted by Crippen LogP contribution is -2.45. The van der Waals surface area contributed by atoms with Crippen molar-refractivity contribution < 1.29 is 4.52 Å². The molecule has 1 aromatic carbocycles.